The fourth-order valence-electron chi connectivity index (χ4n) is 4.51. The Labute approximate surface area is 173 Å². The summed E-state index contributed by atoms with van der Waals surface area (Å²) in [5.74, 6) is 1.67. The van der Waals surface area contributed by atoms with Crippen molar-refractivity contribution in [2.75, 3.05) is 36.0 Å². The van der Waals surface area contributed by atoms with E-state index in [2.05, 4.69) is 19.9 Å². The third-order valence-corrected chi connectivity index (χ3v) is 6.23. The average molecular weight is 414 g/mol. The summed E-state index contributed by atoms with van der Waals surface area (Å²) in [5.41, 5.74) is 2.48. The maximum atomic E-state index is 13.2. The van der Waals surface area contributed by atoms with Crippen LogP contribution in [0.15, 0.2) is 18.3 Å². The minimum Gasteiger partial charge on any atom is -0.371 e. The molecule has 0 spiro atoms. The van der Waals surface area contributed by atoms with Crippen LogP contribution in [0.2, 0.25) is 0 Å². The van der Waals surface area contributed by atoms with Crippen molar-refractivity contribution >= 4 is 17.4 Å². The number of nitrogens with zero attached hydrogens (tertiary/aromatic N) is 6. The lowest BCUT2D eigenvalue weighted by atomic mass is 10.1. The number of aromatic nitrogens is 3. The van der Waals surface area contributed by atoms with Crippen LogP contribution in [0.4, 0.5) is 20.3 Å². The number of anilines is 2. The number of carbonyl (C=O) groups excluding carboxylic acids is 1. The van der Waals surface area contributed by atoms with E-state index in [9.17, 15) is 13.6 Å². The first kappa shape index (κ1) is 19.1. The van der Waals surface area contributed by atoms with Gasteiger partial charge in [0, 0.05) is 43.6 Å². The van der Waals surface area contributed by atoms with Gasteiger partial charge in [0.1, 0.15) is 17.3 Å². The number of hydrogen-bond acceptors (Lipinski definition) is 6. The van der Waals surface area contributed by atoms with E-state index in [-0.39, 0.29) is 17.5 Å². The van der Waals surface area contributed by atoms with Gasteiger partial charge in [-0.15, -0.1) is 0 Å². The van der Waals surface area contributed by atoms with Crippen LogP contribution < -0.4 is 9.80 Å². The standard InChI is InChI=1S/C21H24F2N6O/c1-13-25-18-12-29(11-16(18)20(26-13)27-6-2-7-27)21(30)14-4-8-28(10-14)15-3-5-24-17(9-15)19(22)23/h3,5,9,14,19H,2,4,6-8,10-12H2,1H3/t14-/m1/s1. The Balaban J connectivity index is 1.29. The van der Waals surface area contributed by atoms with Gasteiger partial charge in [0.15, 0.2) is 0 Å². The van der Waals surface area contributed by atoms with E-state index in [1.54, 1.807) is 6.07 Å². The zero-order chi connectivity index (χ0) is 20.8. The van der Waals surface area contributed by atoms with E-state index in [0.717, 1.165) is 36.0 Å². The number of rotatable bonds is 4. The molecule has 7 nitrogen and oxygen atoms in total. The topological polar surface area (TPSA) is 65.5 Å². The Kier molecular flexibility index (Phi) is 4.75. The summed E-state index contributed by atoms with van der Waals surface area (Å²) in [6.07, 6.45) is 0.683. The number of amides is 1. The first-order valence-corrected chi connectivity index (χ1v) is 10.4. The minimum atomic E-state index is -2.60. The number of hydrogen-bond donors (Lipinski definition) is 0. The highest BCUT2D eigenvalue weighted by Gasteiger charge is 2.36. The average Bonchev–Trinajstić information content (AvgIpc) is 3.33. The van der Waals surface area contributed by atoms with Gasteiger partial charge < -0.3 is 14.7 Å². The van der Waals surface area contributed by atoms with E-state index in [4.69, 9.17) is 0 Å². The molecule has 0 radical (unpaired) electrons. The molecule has 2 fully saturated rings. The molecular weight excluding hydrogens is 390 g/mol. The van der Waals surface area contributed by atoms with Crippen molar-refractivity contribution < 1.29 is 13.6 Å². The zero-order valence-corrected chi connectivity index (χ0v) is 16.9. The Morgan fingerprint density at radius 1 is 1.17 bits per heavy atom. The summed E-state index contributed by atoms with van der Waals surface area (Å²) in [6.45, 7) is 6.15. The fraction of sp³-hybridized carbons (Fsp3) is 0.524. The first-order valence-electron chi connectivity index (χ1n) is 10.4. The van der Waals surface area contributed by atoms with Crippen LogP contribution >= 0.6 is 0 Å². The second kappa shape index (κ2) is 7.45. The molecule has 30 heavy (non-hydrogen) atoms. The lowest BCUT2D eigenvalue weighted by molar-refractivity contribution is -0.135. The Bertz CT molecular complexity index is 980. The third kappa shape index (κ3) is 3.36. The first-order chi connectivity index (χ1) is 14.5. The monoisotopic (exact) mass is 414 g/mol. The lowest BCUT2D eigenvalue weighted by Crippen LogP contribution is -2.39. The van der Waals surface area contributed by atoms with Crippen LogP contribution in [-0.2, 0) is 17.9 Å². The molecule has 2 aromatic rings. The normalized spacial score (nSPS) is 20.7. The predicted molar refractivity (Wildman–Crippen MR) is 107 cm³/mol. The summed E-state index contributed by atoms with van der Waals surface area (Å²) in [4.78, 5) is 32.3. The van der Waals surface area contributed by atoms with Crippen LogP contribution in [0.25, 0.3) is 0 Å². The van der Waals surface area contributed by atoms with Gasteiger partial charge in [0.25, 0.3) is 6.43 Å². The molecule has 0 bridgehead atoms. The van der Waals surface area contributed by atoms with Crippen LogP contribution in [-0.4, -0.2) is 51.9 Å². The molecule has 9 heteroatoms. The molecule has 0 saturated carbocycles. The number of fused-ring (bicyclic) bond motifs is 1. The van der Waals surface area contributed by atoms with Crippen molar-refractivity contribution in [2.24, 2.45) is 5.92 Å². The Hall–Kier alpha value is -2.84. The molecule has 5 rings (SSSR count). The smallest absolute Gasteiger partial charge is 0.280 e. The quantitative estimate of drug-likeness (QED) is 0.767. The third-order valence-electron chi connectivity index (χ3n) is 6.23. The molecule has 2 saturated heterocycles. The second-order valence-electron chi connectivity index (χ2n) is 8.23. The summed E-state index contributed by atoms with van der Waals surface area (Å²) >= 11 is 0. The zero-order valence-electron chi connectivity index (χ0n) is 16.9. The van der Waals surface area contributed by atoms with Crippen molar-refractivity contribution in [1.29, 1.82) is 0 Å². The molecule has 5 heterocycles. The molecule has 0 aromatic carbocycles. The maximum Gasteiger partial charge on any atom is 0.280 e. The van der Waals surface area contributed by atoms with E-state index >= 15 is 0 Å². The second-order valence-corrected chi connectivity index (χ2v) is 8.23. The Morgan fingerprint density at radius 2 is 2.00 bits per heavy atom. The summed E-state index contributed by atoms with van der Waals surface area (Å²) in [5, 5.41) is 0. The van der Waals surface area contributed by atoms with E-state index < -0.39 is 6.43 Å². The van der Waals surface area contributed by atoms with Crippen molar-refractivity contribution in [1.82, 2.24) is 19.9 Å². The van der Waals surface area contributed by atoms with E-state index in [1.165, 1.54) is 18.7 Å². The predicted octanol–water partition coefficient (Wildman–Crippen LogP) is 2.70. The molecule has 1 amide bonds. The molecule has 158 valence electrons. The van der Waals surface area contributed by atoms with Gasteiger partial charge in [0.2, 0.25) is 5.91 Å². The lowest BCUT2D eigenvalue weighted by Gasteiger charge is -2.33. The molecular formula is C21H24F2N6O. The summed E-state index contributed by atoms with van der Waals surface area (Å²) in [6, 6.07) is 3.14. The number of carbonyl (C=O) groups is 1. The van der Waals surface area contributed by atoms with Crippen molar-refractivity contribution in [3.8, 4) is 0 Å². The highest BCUT2D eigenvalue weighted by molar-refractivity contribution is 5.81. The highest BCUT2D eigenvalue weighted by atomic mass is 19.3. The largest absolute Gasteiger partial charge is 0.371 e. The maximum absolute atomic E-state index is 13.2. The fourth-order valence-corrected chi connectivity index (χ4v) is 4.51. The van der Waals surface area contributed by atoms with Gasteiger partial charge in [-0.2, -0.15) is 0 Å². The minimum absolute atomic E-state index is 0.103. The highest BCUT2D eigenvalue weighted by Crippen LogP contribution is 2.34. The number of alkyl halides is 2. The van der Waals surface area contributed by atoms with E-state index in [1.807, 2.05) is 16.7 Å². The van der Waals surface area contributed by atoms with Gasteiger partial charge >= 0.3 is 0 Å². The number of aryl methyl sites for hydroxylation is 1. The number of pyridine rings is 1. The summed E-state index contributed by atoms with van der Waals surface area (Å²) in [7, 11) is 0. The van der Waals surface area contributed by atoms with Crippen molar-refractivity contribution in [2.45, 2.75) is 39.3 Å². The van der Waals surface area contributed by atoms with E-state index in [0.29, 0.717) is 38.3 Å². The molecule has 2 aromatic heterocycles. The molecule has 0 N–H and O–H groups in total. The molecule has 3 aliphatic heterocycles. The van der Waals surface area contributed by atoms with Crippen LogP contribution in [0, 0.1) is 12.8 Å². The van der Waals surface area contributed by atoms with Gasteiger partial charge in [-0.1, -0.05) is 0 Å². The van der Waals surface area contributed by atoms with Gasteiger partial charge in [-0.3, -0.25) is 9.78 Å². The van der Waals surface area contributed by atoms with Crippen LogP contribution in [0.5, 0.6) is 0 Å². The SMILES string of the molecule is Cc1nc2c(c(N3CCC3)n1)CN(C(=O)[C@@H]1CCN(c3ccnc(C(F)F)c3)C1)C2. The molecule has 1 atom stereocenters. The van der Waals surface area contributed by atoms with Gasteiger partial charge in [-0.05, 0) is 31.9 Å². The van der Waals surface area contributed by atoms with Crippen molar-refractivity contribution in [3.05, 3.63) is 41.1 Å². The van der Waals surface area contributed by atoms with Crippen LogP contribution in [0.1, 0.15) is 42.0 Å². The van der Waals surface area contributed by atoms with Gasteiger partial charge in [-0.25, -0.2) is 18.7 Å². The van der Waals surface area contributed by atoms with Gasteiger partial charge in [0.05, 0.1) is 24.7 Å². The molecule has 0 unspecified atom stereocenters. The molecule has 3 aliphatic rings. The van der Waals surface area contributed by atoms with Crippen LogP contribution in [0.3, 0.4) is 0 Å². The van der Waals surface area contributed by atoms with Crippen molar-refractivity contribution in [3.63, 3.8) is 0 Å². The molecule has 0 aliphatic carbocycles. The Morgan fingerprint density at radius 3 is 2.73 bits per heavy atom. The number of halogens is 2. The summed E-state index contributed by atoms with van der Waals surface area (Å²) < 4.78 is 25.9.